The Bertz CT molecular complexity index is 775. The maximum atomic E-state index is 6.49. The van der Waals surface area contributed by atoms with Crippen LogP contribution in [0.2, 0.25) is 0 Å². The molecule has 0 N–H and O–H groups in total. The lowest BCUT2D eigenvalue weighted by Gasteiger charge is -2.34. The molecule has 0 radical (unpaired) electrons. The first-order chi connectivity index (χ1) is 12.8. The van der Waals surface area contributed by atoms with Crippen LogP contribution in [0.3, 0.4) is 0 Å². The van der Waals surface area contributed by atoms with E-state index in [0.29, 0.717) is 12.0 Å². The van der Waals surface area contributed by atoms with Gasteiger partial charge in [-0.15, -0.1) is 11.3 Å². The first-order valence-corrected chi connectivity index (χ1v) is 11.3. The van der Waals surface area contributed by atoms with E-state index in [0.717, 1.165) is 29.6 Å². The van der Waals surface area contributed by atoms with E-state index in [1.807, 2.05) is 11.3 Å². The monoisotopic (exact) mass is 371 g/mol. The molecule has 2 aromatic heterocycles. The van der Waals surface area contributed by atoms with Crippen LogP contribution in [0.5, 0.6) is 5.88 Å². The number of aromatic nitrogens is 2. The third-order valence-electron chi connectivity index (χ3n) is 6.77. The average molecular weight is 372 g/mol. The number of hydrogen-bond donors (Lipinski definition) is 0. The zero-order chi connectivity index (χ0) is 17.5. The second kappa shape index (κ2) is 7.08. The lowest BCUT2D eigenvalue weighted by atomic mass is 9.92. The first kappa shape index (κ1) is 16.9. The van der Waals surface area contributed by atoms with E-state index in [9.17, 15) is 0 Å². The van der Waals surface area contributed by atoms with Gasteiger partial charge in [-0.25, -0.2) is 9.97 Å². The van der Waals surface area contributed by atoms with Crippen LogP contribution >= 0.6 is 11.3 Å². The predicted octanol–water partition coefficient (Wildman–Crippen LogP) is 4.92. The summed E-state index contributed by atoms with van der Waals surface area (Å²) in [5, 5.41) is 1.23. The summed E-state index contributed by atoms with van der Waals surface area (Å²) < 4.78 is 6.49. The van der Waals surface area contributed by atoms with Crippen LogP contribution in [0.15, 0.2) is 6.33 Å². The first-order valence-electron chi connectivity index (χ1n) is 10.5. The minimum atomic E-state index is 0.323. The van der Waals surface area contributed by atoms with Crippen LogP contribution in [0.25, 0.3) is 10.2 Å². The van der Waals surface area contributed by atoms with Crippen molar-refractivity contribution in [3.05, 3.63) is 16.8 Å². The van der Waals surface area contributed by atoms with Gasteiger partial charge in [-0.05, 0) is 82.4 Å². The Hall–Kier alpha value is -1.20. The summed E-state index contributed by atoms with van der Waals surface area (Å²) in [7, 11) is 0. The Morgan fingerprint density at radius 3 is 2.69 bits per heavy atom. The van der Waals surface area contributed by atoms with Crippen LogP contribution in [-0.2, 0) is 6.42 Å². The number of thiophene rings is 1. The van der Waals surface area contributed by atoms with Gasteiger partial charge in [-0.3, -0.25) is 0 Å². The van der Waals surface area contributed by atoms with Gasteiger partial charge in [0.05, 0.1) is 5.39 Å². The molecule has 0 amide bonds. The fourth-order valence-corrected chi connectivity index (χ4v) is 6.56. The number of likely N-dealkylation sites (tertiary alicyclic amines) is 1. The number of nitrogens with zero attached hydrogens (tertiary/aromatic N) is 3. The molecule has 3 aliphatic rings. The normalized spacial score (nSPS) is 29.3. The van der Waals surface area contributed by atoms with Gasteiger partial charge >= 0.3 is 0 Å². The summed E-state index contributed by atoms with van der Waals surface area (Å²) in [6, 6.07) is 0.789. The van der Waals surface area contributed by atoms with Crippen LogP contribution < -0.4 is 4.74 Å². The molecule has 0 bridgehead atoms. The molecule has 2 aromatic rings. The quantitative estimate of drug-likeness (QED) is 0.765. The standard InChI is InChI=1S/C21H29N3OS/c1-2-14-5-10-17-18(14)19-20(22-13-23-21(19)26-17)25-16-8-6-15(7-9-16)24-11-3-4-12-24/h13-16H,2-12H2,1H3/t14-,15-,16-/m0/s1. The summed E-state index contributed by atoms with van der Waals surface area (Å²) in [5.41, 5.74) is 1.51. The fourth-order valence-electron chi connectivity index (χ4n) is 5.33. The van der Waals surface area contributed by atoms with E-state index >= 15 is 0 Å². The van der Waals surface area contributed by atoms with Gasteiger partial charge in [0.15, 0.2) is 0 Å². The van der Waals surface area contributed by atoms with Gasteiger partial charge in [0, 0.05) is 10.9 Å². The Balaban J connectivity index is 1.34. The van der Waals surface area contributed by atoms with Gasteiger partial charge in [-0.1, -0.05) is 6.92 Å². The van der Waals surface area contributed by atoms with Gasteiger partial charge in [0.2, 0.25) is 5.88 Å². The van der Waals surface area contributed by atoms with E-state index in [1.165, 1.54) is 73.9 Å². The molecule has 5 rings (SSSR count). The van der Waals surface area contributed by atoms with E-state index < -0.39 is 0 Å². The Labute approximate surface area is 160 Å². The number of aryl methyl sites for hydroxylation is 1. The zero-order valence-electron chi connectivity index (χ0n) is 15.7. The summed E-state index contributed by atoms with van der Waals surface area (Å²) in [6.45, 7) is 4.91. The predicted molar refractivity (Wildman–Crippen MR) is 106 cm³/mol. The Kier molecular flexibility index (Phi) is 4.61. The van der Waals surface area contributed by atoms with Gasteiger partial charge in [0.25, 0.3) is 0 Å². The number of rotatable bonds is 4. The van der Waals surface area contributed by atoms with Gasteiger partial charge in [-0.2, -0.15) is 0 Å². The molecule has 5 heteroatoms. The van der Waals surface area contributed by atoms with Crippen LogP contribution in [0, 0.1) is 0 Å². The molecule has 2 aliphatic carbocycles. The maximum Gasteiger partial charge on any atom is 0.225 e. The molecule has 4 nitrogen and oxygen atoms in total. The number of fused-ring (bicyclic) bond motifs is 3. The lowest BCUT2D eigenvalue weighted by Crippen LogP contribution is -2.38. The summed E-state index contributed by atoms with van der Waals surface area (Å²) in [6.07, 6.45) is 13.4. The molecule has 2 fully saturated rings. The van der Waals surface area contributed by atoms with Crippen molar-refractivity contribution in [2.24, 2.45) is 0 Å². The van der Waals surface area contributed by atoms with Crippen molar-refractivity contribution in [3.8, 4) is 5.88 Å². The van der Waals surface area contributed by atoms with E-state index in [1.54, 1.807) is 6.33 Å². The van der Waals surface area contributed by atoms with Crippen molar-refractivity contribution < 1.29 is 4.74 Å². The van der Waals surface area contributed by atoms with Crippen molar-refractivity contribution in [2.75, 3.05) is 13.1 Å². The van der Waals surface area contributed by atoms with Gasteiger partial charge < -0.3 is 9.64 Å². The molecule has 26 heavy (non-hydrogen) atoms. The molecule has 140 valence electrons. The zero-order valence-corrected chi connectivity index (χ0v) is 16.6. The molecular weight excluding hydrogens is 342 g/mol. The highest BCUT2D eigenvalue weighted by atomic mass is 32.1. The minimum absolute atomic E-state index is 0.323. The summed E-state index contributed by atoms with van der Waals surface area (Å²) >= 11 is 1.86. The largest absolute Gasteiger partial charge is 0.474 e. The number of hydrogen-bond acceptors (Lipinski definition) is 5. The molecule has 0 aromatic carbocycles. The van der Waals surface area contributed by atoms with Crippen molar-refractivity contribution in [3.63, 3.8) is 0 Å². The molecule has 0 spiro atoms. The lowest BCUT2D eigenvalue weighted by molar-refractivity contribution is 0.0978. The Morgan fingerprint density at radius 1 is 1.12 bits per heavy atom. The van der Waals surface area contributed by atoms with Crippen LogP contribution in [-0.4, -0.2) is 40.1 Å². The van der Waals surface area contributed by atoms with Crippen LogP contribution in [0.1, 0.15) is 74.6 Å². The number of ether oxygens (including phenoxy) is 1. The highest BCUT2D eigenvalue weighted by molar-refractivity contribution is 7.19. The molecular formula is C21H29N3OS. The average Bonchev–Trinajstić information content (AvgIpc) is 3.39. The molecule has 1 saturated heterocycles. The third-order valence-corrected chi connectivity index (χ3v) is 7.94. The molecule has 1 saturated carbocycles. The third kappa shape index (κ3) is 2.93. The topological polar surface area (TPSA) is 38.3 Å². The van der Waals surface area contributed by atoms with Crippen molar-refractivity contribution in [1.82, 2.24) is 14.9 Å². The molecule has 0 unspecified atom stereocenters. The highest BCUT2D eigenvalue weighted by Gasteiger charge is 2.31. The SMILES string of the molecule is CC[C@H]1CCc2sc3ncnc(O[C@H]4CC[C@H](N5CCCC5)CC4)c3c21. The van der Waals surface area contributed by atoms with Gasteiger partial charge in [0.1, 0.15) is 17.3 Å². The smallest absolute Gasteiger partial charge is 0.225 e. The Morgan fingerprint density at radius 2 is 1.92 bits per heavy atom. The maximum absolute atomic E-state index is 6.49. The molecule has 1 aliphatic heterocycles. The molecule has 3 heterocycles. The van der Waals surface area contributed by atoms with Crippen molar-refractivity contribution in [1.29, 1.82) is 0 Å². The molecule has 1 atom stereocenters. The van der Waals surface area contributed by atoms with Crippen LogP contribution in [0.4, 0.5) is 0 Å². The van der Waals surface area contributed by atoms with Crippen molar-refractivity contribution >= 4 is 21.6 Å². The minimum Gasteiger partial charge on any atom is -0.474 e. The van der Waals surface area contributed by atoms with E-state index in [-0.39, 0.29) is 0 Å². The van der Waals surface area contributed by atoms with E-state index in [2.05, 4.69) is 21.8 Å². The fraction of sp³-hybridized carbons (Fsp3) is 0.714. The second-order valence-corrected chi connectivity index (χ2v) is 9.32. The summed E-state index contributed by atoms with van der Waals surface area (Å²) in [4.78, 5) is 14.5. The van der Waals surface area contributed by atoms with E-state index in [4.69, 9.17) is 4.74 Å². The second-order valence-electron chi connectivity index (χ2n) is 8.23. The summed E-state index contributed by atoms with van der Waals surface area (Å²) in [5.74, 6) is 1.52. The highest BCUT2D eigenvalue weighted by Crippen LogP contribution is 2.47. The van der Waals surface area contributed by atoms with Crippen molar-refractivity contribution in [2.45, 2.75) is 82.8 Å².